The molecule has 0 unspecified atom stereocenters. The molecular formula is C38H45ClF2N8O4. The van der Waals surface area contributed by atoms with Crippen molar-refractivity contribution in [1.29, 1.82) is 0 Å². The third-order valence-corrected chi connectivity index (χ3v) is 10.9. The highest BCUT2D eigenvalue weighted by Gasteiger charge is 2.37. The van der Waals surface area contributed by atoms with Crippen LogP contribution in [-0.2, 0) is 25.9 Å². The van der Waals surface area contributed by atoms with E-state index in [2.05, 4.69) is 10.2 Å². The molecule has 0 bridgehead atoms. The van der Waals surface area contributed by atoms with Crippen molar-refractivity contribution in [3.63, 3.8) is 0 Å². The Hall–Kier alpha value is -4.69. The van der Waals surface area contributed by atoms with Crippen molar-refractivity contribution in [1.82, 2.24) is 34.3 Å². The summed E-state index contributed by atoms with van der Waals surface area (Å²) in [4.78, 5) is 55.7. The predicted molar refractivity (Wildman–Crippen MR) is 195 cm³/mol. The van der Waals surface area contributed by atoms with Gasteiger partial charge in [0.1, 0.15) is 0 Å². The molecule has 3 aliphatic heterocycles. The highest BCUT2D eigenvalue weighted by Crippen LogP contribution is 2.30. The Kier molecular flexibility index (Phi) is 11.9. The Labute approximate surface area is 313 Å². The van der Waals surface area contributed by atoms with Crippen LogP contribution in [0.1, 0.15) is 104 Å². The zero-order valence-electron chi connectivity index (χ0n) is 29.6. The maximum Gasteiger partial charge on any atom is 0.261 e. The molecule has 53 heavy (non-hydrogen) atoms. The van der Waals surface area contributed by atoms with Crippen molar-refractivity contribution >= 4 is 36.0 Å². The molecule has 5 aliphatic rings. The number of hydrogen-bond acceptors (Lipinski definition) is 7. The van der Waals surface area contributed by atoms with Gasteiger partial charge in [-0.15, -0.1) is 12.4 Å². The largest absolute Gasteiger partial charge is 0.335 e. The molecule has 2 aliphatic carbocycles. The van der Waals surface area contributed by atoms with Crippen molar-refractivity contribution in [2.24, 2.45) is 5.73 Å². The van der Waals surface area contributed by atoms with Crippen LogP contribution in [0.2, 0.25) is 0 Å². The lowest BCUT2D eigenvalue weighted by molar-refractivity contribution is 0.0652. The van der Waals surface area contributed by atoms with E-state index in [1.807, 2.05) is 9.80 Å². The number of aromatic nitrogens is 4. The minimum Gasteiger partial charge on any atom is -0.335 e. The number of nitrogens with zero attached hydrogens (tertiary/aromatic N) is 7. The van der Waals surface area contributed by atoms with E-state index < -0.39 is 11.8 Å². The zero-order chi connectivity index (χ0) is 36.4. The average molecular weight is 751 g/mol. The van der Waals surface area contributed by atoms with Gasteiger partial charge in [-0.1, -0.05) is 37.8 Å². The first kappa shape index (κ1) is 38.0. The highest BCUT2D eigenvalue weighted by molar-refractivity contribution is 6.21. The van der Waals surface area contributed by atoms with E-state index in [-0.39, 0.29) is 49.4 Å². The number of carbonyl (C=O) groups excluding carboxylic acids is 4. The minimum absolute atomic E-state index is 0. The number of nitrogens with two attached hydrogens (primary N) is 1. The average Bonchev–Trinajstić information content (AvgIpc) is 4.01. The van der Waals surface area contributed by atoms with Gasteiger partial charge in [-0.2, -0.15) is 10.2 Å². The van der Waals surface area contributed by atoms with E-state index in [4.69, 9.17) is 5.73 Å². The number of imide groups is 1. The fourth-order valence-electron chi connectivity index (χ4n) is 8.17. The predicted octanol–water partition coefficient (Wildman–Crippen LogP) is 5.03. The number of hydrogen-bond donors (Lipinski definition) is 1. The first-order valence-corrected chi connectivity index (χ1v) is 18.3. The second-order valence-corrected chi connectivity index (χ2v) is 14.2. The van der Waals surface area contributed by atoms with Crippen LogP contribution in [0.25, 0.3) is 0 Å². The zero-order valence-corrected chi connectivity index (χ0v) is 30.4. The number of carbonyl (C=O) groups is 4. The summed E-state index contributed by atoms with van der Waals surface area (Å²) < 4.78 is 29.4. The van der Waals surface area contributed by atoms with E-state index in [1.54, 1.807) is 41.3 Å². The first-order chi connectivity index (χ1) is 25.3. The molecule has 0 atom stereocenters. The van der Waals surface area contributed by atoms with Crippen LogP contribution in [-0.4, -0.2) is 96.2 Å². The molecule has 2 saturated carbocycles. The summed E-state index contributed by atoms with van der Waals surface area (Å²) in [5.74, 6) is -0.789. The molecule has 8 rings (SSSR count). The van der Waals surface area contributed by atoms with Crippen LogP contribution in [0.4, 0.5) is 8.78 Å². The molecule has 0 saturated heterocycles. The topological polar surface area (TPSA) is 140 Å². The summed E-state index contributed by atoms with van der Waals surface area (Å²) in [6.45, 7) is 1.77. The van der Waals surface area contributed by atoms with Crippen LogP contribution in [0.3, 0.4) is 0 Å². The molecular weight excluding hydrogens is 706 g/mol. The quantitative estimate of drug-likeness (QED) is 0.303. The van der Waals surface area contributed by atoms with E-state index in [1.165, 1.54) is 17.5 Å². The highest BCUT2D eigenvalue weighted by atomic mass is 35.5. The third-order valence-electron chi connectivity index (χ3n) is 10.9. The van der Waals surface area contributed by atoms with E-state index in [0.29, 0.717) is 72.1 Å². The van der Waals surface area contributed by atoms with Gasteiger partial charge in [-0.25, -0.2) is 8.78 Å². The Balaban J connectivity index is 0.000000191. The van der Waals surface area contributed by atoms with Gasteiger partial charge < -0.3 is 15.5 Å². The lowest BCUT2D eigenvalue weighted by Gasteiger charge is -2.31. The summed E-state index contributed by atoms with van der Waals surface area (Å²) >= 11 is 0. The fraction of sp³-hybridized carbons (Fsp3) is 0.474. The summed E-state index contributed by atoms with van der Waals surface area (Å²) in [5.41, 5.74) is 9.60. The molecule has 4 amide bonds. The van der Waals surface area contributed by atoms with Crippen molar-refractivity contribution in [2.75, 3.05) is 26.2 Å². The fourth-order valence-corrected chi connectivity index (χ4v) is 8.17. The molecule has 2 aromatic heterocycles. The van der Waals surface area contributed by atoms with E-state index in [9.17, 15) is 28.0 Å². The van der Waals surface area contributed by atoms with Crippen LogP contribution in [0.15, 0.2) is 60.5 Å². The first-order valence-electron chi connectivity index (χ1n) is 18.3. The Bertz CT molecular complexity index is 1890. The maximum absolute atomic E-state index is 13.7. The second-order valence-electron chi connectivity index (χ2n) is 14.2. The molecule has 282 valence electrons. The third kappa shape index (κ3) is 7.70. The van der Waals surface area contributed by atoms with Crippen LogP contribution >= 0.6 is 12.4 Å². The lowest BCUT2D eigenvalue weighted by atomic mass is 10.0. The molecule has 2 N–H and O–H groups in total. The number of amides is 4. The number of rotatable bonds is 9. The maximum atomic E-state index is 13.7. The van der Waals surface area contributed by atoms with Gasteiger partial charge in [-0.3, -0.25) is 33.4 Å². The van der Waals surface area contributed by atoms with Crippen molar-refractivity contribution in [3.05, 3.63) is 94.1 Å². The van der Waals surface area contributed by atoms with Crippen LogP contribution < -0.4 is 5.73 Å². The summed E-state index contributed by atoms with van der Waals surface area (Å²) in [6.07, 6.45) is 14.8. The molecule has 0 radical (unpaired) electrons. The summed E-state index contributed by atoms with van der Waals surface area (Å²) in [6, 6.07) is 7.27. The molecule has 3 aromatic rings. The van der Waals surface area contributed by atoms with Crippen LogP contribution in [0.5, 0.6) is 0 Å². The van der Waals surface area contributed by atoms with Gasteiger partial charge in [0.2, 0.25) is 0 Å². The summed E-state index contributed by atoms with van der Waals surface area (Å²) in [5, 5.41) is 8.88. The Morgan fingerprint density at radius 3 is 1.51 bits per heavy atom. The Morgan fingerprint density at radius 2 is 1.09 bits per heavy atom. The lowest BCUT2D eigenvalue weighted by Crippen LogP contribution is -2.43. The van der Waals surface area contributed by atoms with Crippen molar-refractivity contribution in [3.8, 4) is 0 Å². The molecule has 1 aromatic carbocycles. The van der Waals surface area contributed by atoms with Gasteiger partial charge >= 0.3 is 0 Å². The smallest absolute Gasteiger partial charge is 0.261 e. The molecule has 5 heterocycles. The number of benzene rings is 1. The van der Waals surface area contributed by atoms with Crippen molar-refractivity contribution in [2.45, 2.75) is 89.4 Å². The van der Waals surface area contributed by atoms with Gasteiger partial charge in [0.15, 0.2) is 0 Å². The molecule has 15 heteroatoms. The molecule has 12 nitrogen and oxygen atoms in total. The van der Waals surface area contributed by atoms with Crippen LogP contribution in [0, 0.1) is 0 Å². The minimum atomic E-state index is -0.429. The van der Waals surface area contributed by atoms with E-state index >= 15 is 0 Å². The Morgan fingerprint density at radius 1 is 0.660 bits per heavy atom. The van der Waals surface area contributed by atoms with E-state index in [0.717, 1.165) is 67.8 Å². The van der Waals surface area contributed by atoms with Gasteiger partial charge in [0.05, 0.1) is 65.9 Å². The van der Waals surface area contributed by atoms with Gasteiger partial charge in [0, 0.05) is 57.0 Å². The monoisotopic (exact) mass is 750 g/mol. The summed E-state index contributed by atoms with van der Waals surface area (Å²) in [7, 11) is 0. The number of fused-ring (bicyclic) bond motifs is 3. The van der Waals surface area contributed by atoms with Gasteiger partial charge in [-0.05, 0) is 49.0 Å². The molecule has 0 spiro atoms. The number of halogens is 3. The second kappa shape index (κ2) is 16.5. The normalized spacial score (nSPS) is 19.3. The SMILES string of the molecule is Cl.NC/C(=C\F)Cn1cc2c(n1)CCN(C1CCCC1)C2=O.O=C1c2ccccc2C(=O)N1C/C(=C\F)Cn1cc2c(n1)CCN(C1CCCC1)C2=O. The van der Waals surface area contributed by atoms with Gasteiger partial charge in [0.25, 0.3) is 23.6 Å². The standard InChI is InChI=1S/C23H23FN4O3.C15H21FN4O.ClH/c24-11-15(13-28-21(29)17-7-3-4-8-18(17)22(28)30)12-26-14-19-20(25-26)9-10-27(23(19)31)16-5-1-2-6-16;16-7-11(8-17)9-19-10-13-14(18-19)5-6-20(15(13)21)12-3-1-2-4-12;/h3-4,7-8,11,14,16H,1-2,5-6,9-10,12-13H2;7,10,12H,1-6,8-9,17H2;1H/b15-11-;11-7+;. The van der Waals surface area contributed by atoms with Crippen molar-refractivity contribution < 1.29 is 28.0 Å². The molecule has 2 fully saturated rings.